The molecule has 2 aromatic rings. The van der Waals surface area contributed by atoms with Crippen molar-refractivity contribution in [2.24, 2.45) is 10.2 Å². The van der Waals surface area contributed by atoms with Crippen LogP contribution in [0.25, 0.3) is 0 Å². The molecular formula is C27H41N3O2. The molecular weight excluding hydrogens is 398 g/mol. The van der Waals surface area contributed by atoms with Gasteiger partial charge in [-0.25, -0.2) is 0 Å². The van der Waals surface area contributed by atoms with Crippen LogP contribution in [0.5, 0.6) is 11.5 Å². The van der Waals surface area contributed by atoms with Gasteiger partial charge in [0.05, 0.1) is 6.04 Å². The summed E-state index contributed by atoms with van der Waals surface area (Å²) in [5, 5.41) is 28.6. The summed E-state index contributed by atoms with van der Waals surface area (Å²) in [5.41, 5.74) is 3.09. The van der Waals surface area contributed by atoms with Gasteiger partial charge in [0.2, 0.25) is 0 Å². The summed E-state index contributed by atoms with van der Waals surface area (Å²) in [6, 6.07) is 12.9. The fraction of sp³-hybridized carbons (Fsp3) is 0.556. The van der Waals surface area contributed by atoms with E-state index < -0.39 is 0 Å². The van der Waals surface area contributed by atoms with E-state index in [0.717, 1.165) is 42.5 Å². The molecule has 0 radical (unpaired) electrons. The minimum absolute atomic E-state index is 0.000714. The Kier molecular flexibility index (Phi) is 11.2. The highest BCUT2D eigenvalue weighted by Gasteiger charge is 2.23. The van der Waals surface area contributed by atoms with Crippen LogP contribution in [0.4, 0.5) is 0 Å². The van der Waals surface area contributed by atoms with Crippen LogP contribution in [0.2, 0.25) is 0 Å². The zero-order chi connectivity index (χ0) is 23.3. The third-order valence-electron chi connectivity index (χ3n) is 5.89. The number of phenolic OH excluding ortho intramolecular Hbond substituents is 2. The average molecular weight is 440 g/mol. The van der Waals surface area contributed by atoms with E-state index in [2.05, 4.69) is 42.0 Å². The maximum atomic E-state index is 9.99. The molecule has 0 saturated carbocycles. The number of aromatic hydroxyl groups is 2. The molecule has 2 N–H and O–H groups in total. The Labute approximate surface area is 194 Å². The molecule has 0 aliphatic carbocycles. The van der Waals surface area contributed by atoms with Crippen LogP contribution in [0.15, 0.2) is 52.7 Å². The lowest BCUT2D eigenvalue weighted by atomic mass is 9.99. The van der Waals surface area contributed by atoms with Crippen LogP contribution in [0.3, 0.4) is 0 Å². The Bertz CT molecular complexity index is 816. The Hall–Kier alpha value is -2.40. The van der Waals surface area contributed by atoms with Gasteiger partial charge in [0.15, 0.2) is 0 Å². The summed E-state index contributed by atoms with van der Waals surface area (Å²) >= 11 is 0. The van der Waals surface area contributed by atoms with Crippen molar-refractivity contribution >= 4 is 0 Å². The van der Waals surface area contributed by atoms with Gasteiger partial charge in [-0.05, 0) is 60.8 Å². The summed E-state index contributed by atoms with van der Waals surface area (Å²) in [6.07, 6.45) is 9.60. The first kappa shape index (κ1) is 25.9. The summed E-state index contributed by atoms with van der Waals surface area (Å²) in [4.78, 5) is 2.17. The van der Waals surface area contributed by atoms with Gasteiger partial charge in [-0.1, -0.05) is 77.5 Å². The van der Waals surface area contributed by atoms with Crippen molar-refractivity contribution in [2.75, 3.05) is 13.6 Å². The third kappa shape index (κ3) is 7.94. The highest BCUT2D eigenvalue weighted by molar-refractivity contribution is 5.37. The van der Waals surface area contributed by atoms with Crippen molar-refractivity contribution in [3.8, 4) is 11.5 Å². The highest BCUT2D eigenvalue weighted by atomic mass is 16.3. The first-order valence-electron chi connectivity index (χ1n) is 12.2. The molecule has 0 amide bonds. The smallest absolute Gasteiger partial charge is 0.148 e. The number of aryl methyl sites for hydroxylation is 1. The molecule has 1 heterocycles. The summed E-state index contributed by atoms with van der Waals surface area (Å²) < 4.78 is 0. The van der Waals surface area contributed by atoms with Crippen molar-refractivity contribution in [1.29, 1.82) is 0 Å². The van der Waals surface area contributed by atoms with Gasteiger partial charge >= 0.3 is 0 Å². The van der Waals surface area contributed by atoms with Gasteiger partial charge in [-0.3, -0.25) is 4.90 Å². The number of phenols is 2. The number of hydrogen-bond donors (Lipinski definition) is 2. The topological polar surface area (TPSA) is 68.4 Å². The first-order chi connectivity index (χ1) is 15.5. The average Bonchev–Trinajstić information content (AvgIpc) is 2.99. The molecule has 0 saturated heterocycles. The van der Waals surface area contributed by atoms with Gasteiger partial charge in [0.1, 0.15) is 17.7 Å². The Morgan fingerprint density at radius 3 is 2.12 bits per heavy atom. The normalized spacial score (nSPS) is 18.6. The van der Waals surface area contributed by atoms with Gasteiger partial charge in [-0.2, -0.15) is 10.2 Å². The number of azo groups is 1. The minimum Gasteiger partial charge on any atom is -0.508 e. The van der Waals surface area contributed by atoms with Crippen molar-refractivity contribution < 1.29 is 10.2 Å². The molecule has 1 aliphatic rings. The third-order valence-corrected chi connectivity index (χ3v) is 5.89. The number of hydrogen-bond acceptors (Lipinski definition) is 5. The summed E-state index contributed by atoms with van der Waals surface area (Å²) in [7, 11) is 2.04. The number of benzene rings is 2. The van der Waals surface area contributed by atoms with Gasteiger partial charge in [0.25, 0.3) is 0 Å². The highest BCUT2D eigenvalue weighted by Crippen LogP contribution is 2.33. The molecule has 0 fully saturated rings. The first-order valence-corrected chi connectivity index (χ1v) is 12.2. The van der Waals surface area contributed by atoms with Crippen molar-refractivity contribution in [3.63, 3.8) is 0 Å². The molecule has 2 unspecified atom stereocenters. The fourth-order valence-electron chi connectivity index (χ4n) is 3.90. The molecule has 0 bridgehead atoms. The molecule has 32 heavy (non-hydrogen) atoms. The van der Waals surface area contributed by atoms with Crippen LogP contribution < -0.4 is 0 Å². The molecule has 0 aromatic heterocycles. The van der Waals surface area contributed by atoms with Crippen molar-refractivity contribution in [1.82, 2.24) is 4.90 Å². The standard InChI is InChI=1S/C20H25N3O2.C7H16/c1-3-4-16-13-15(7-10-19(16)25)18-11-12-23(2)20(22-21-18)14-5-8-17(24)9-6-14;1-3-5-7-6-4-2/h5-10,13,18,20,24-25H,3-4,11-12H2,1-2H3;3-7H2,1-2H3. The second-order valence-electron chi connectivity index (χ2n) is 8.68. The fourth-order valence-corrected chi connectivity index (χ4v) is 3.90. The maximum Gasteiger partial charge on any atom is 0.148 e. The number of rotatable bonds is 8. The second kappa shape index (κ2) is 13.9. The van der Waals surface area contributed by atoms with Crippen LogP contribution in [0, 0.1) is 0 Å². The quantitative estimate of drug-likeness (QED) is 0.417. The predicted molar refractivity (Wildman–Crippen MR) is 132 cm³/mol. The predicted octanol–water partition coefficient (Wildman–Crippen LogP) is 7.55. The summed E-state index contributed by atoms with van der Waals surface area (Å²) in [6.45, 7) is 7.47. The monoisotopic (exact) mass is 439 g/mol. The lowest BCUT2D eigenvalue weighted by molar-refractivity contribution is 0.255. The van der Waals surface area contributed by atoms with E-state index in [4.69, 9.17) is 0 Å². The Balaban J connectivity index is 0.000000451. The van der Waals surface area contributed by atoms with Gasteiger partial charge in [-0.15, -0.1) is 0 Å². The summed E-state index contributed by atoms with van der Waals surface area (Å²) in [5.74, 6) is 0.609. The molecule has 5 heteroatoms. The largest absolute Gasteiger partial charge is 0.508 e. The maximum absolute atomic E-state index is 9.99. The molecule has 0 spiro atoms. The van der Waals surface area contributed by atoms with Gasteiger partial charge < -0.3 is 10.2 Å². The van der Waals surface area contributed by atoms with E-state index in [1.807, 2.05) is 25.2 Å². The SMILES string of the molecule is CCCCCCC.CCCc1cc(C2CCN(C)C(c3ccc(O)cc3)N=N2)ccc1O. The number of unbranched alkanes of at least 4 members (excludes halogenated alkanes) is 4. The van der Waals surface area contributed by atoms with E-state index in [0.29, 0.717) is 5.75 Å². The molecule has 5 nitrogen and oxygen atoms in total. The van der Waals surface area contributed by atoms with Crippen LogP contribution in [0.1, 0.15) is 94.6 Å². The second-order valence-corrected chi connectivity index (χ2v) is 8.68. The van der Waals surface area contributed by atoms with Crippen LogP contribution in [-0.4, -0.2) is 28.7 Å². The molecule has 3 rings (SSSR count). The molecule has 2 atom stereocenters. The van der Waals surface area contributed by atoms with Crippen molar-refractivity contribution in [2.45, 2.75) is 84.3 Å². The molecule has 2 aromatic carbocycles. The van der Waals surface area contributed by atoms with Crippen molar-refractivity contribution in [3.05, 3.63) is 59.2 Å². The zero-order valence-electron chi connectivity index (χ0n) is 20.3. The zero-order valence-corrected chi connectivity index (χ0v) is 20.3. The van der Waals surface area contributed by atoms with Gasteiger partial charge in [0, 0.05) is 6.54 Å². The van der Waals surface area contributed by atoms with E-state index in [-0.39, 0.29) is 18.0 Å². The Morgan fingerprint density at radius 2 is 1.50 bits per heavy atom. The van der Waals surface area contributed by atoms with E-state index in [1.54, 1.807) is 18.2 Å². The van der Waals surface area contributed by atoms with E-state index >= 15 is 0 Å². The molecule has 176 valence electrons. The van der Waals surface area contributed by atoms with E-state index in [9.17, 15) is 10.2 Å². The van der Waals surface area contributed by atoms with E-state index in [1.165, 1.54) is 32.1 Å². The lowest BCUT2D eigenvalue weighted by Gasteiger charge is -2.22. The minimum atomic E-state index is -0.141. The number of nitrogens with zero attached hydrogens (tertiary/aromatic N) is 3. The Morgan fingerprint density at radius 1 is 0.844 bits per heavy atom. The lowest BCUT2D eigenvalue weighted by Crippen LogP contribution is -2.23. The molecule has 1 aliphatic heterocycles. The van der Waals surface area contributed by atoms with Crippen LogP contribution >= 0.6 is 0 Å². The van der Waals surface area contributed by atoms with Crippen LogP contribution in [-0.2, 0) is 6.42 Å².